The van der Waals surface area contributed by atoms with Gasteiger partial charge in [0.05, 0.1) is 17.8 Å². The van der Waals surface area contributed by atoms with Crippen molar-refractivity contribution in [1.29, 1.82) is 0 Å². The largest absolute Gasteiger partial charge is 0.375 e. The van der Waals surface area contributed by atoms with E-state index in [1.54, 1.807) is 11.3 Å². The average Bonchev–Trinajstić information content (AvgIpc) is 3.07. The summed E-state index contributed by atoms with van der Waals surface area (Å²) in [7, 11) is 0. The van der Waals surface area contributed by atoms with Gasteiger partial charge < -0.3 is 9.64 Å². The topological polar surface area (TPSA) is 29.5 Å². The van der Waals surface area contributed by atoms with Gasteiger partial charge in [-0.3, -0.25) is 4.79 Å². The molecule has 1 aromatic carbocycles. The molecule has 0 unspecified atom stereocenters. The molecule has 2 aliphatic heterocycles. The second-order valence-corrected chi connectivity index (χ2v) is 7.08. The Morgan fingerprint density at radius 1 is 1.38 bits per heavy atom. The van der Waals surface area contributed by atoms with E-state index in [0.717, 1.165) is 36.9 Å². The van der Waals surface area contributed by atoms with Crippen molar-refractivity contribution in [3.05, 3.63) is 35.2 Å². The number of nitrogens with zero attached hydrogens (tertiary/aromatic N) is 1. The van der Waals surface area contributed by atoms with Gasteiger partial charge in [-0.15, -0.1) is 11.3 Å². The predicted molar refractivity (Wildman–Crippen MR) is 84.8 cm³/mol. The summed E-state index contributed by atoms with van der Waals surface area (Å²) < 4.78 is 7.11. The van der Waals surface area contributed by atoms with Gasteiger partial charge in [-0.1, -0.05) is 18.2 Å². The van der Waals surface area contributed by atoms with Crippen LogP contribution in [0.15, 0.2) is 29.6 Å². The molecule has 3 nitrogen and oxygen atoms in total. The van der Waals surface area contributed by atoms with Crippen LogP contribution in [0.4, 0.5) is 0 Å². The molecule has 0 saturated carbocycles. The average molecular weight is 301 g/mol. The van der Waals surface area contributed by atoms with Gasteiger partial charge in [-0.2, -0.15) is 0 Å². The number of amides is 1. The van der Waals surface area contributed by atoms with E-state index in [1.807, 2.05) is 28.5 Å². The first-order valence-electron chi connectivity index (χ1n) is 7.63. The van der Waals surface area contributed by atoms with Crippen molar-refractivity contribution in [2.24, 2.45) is 5.92 Å². The number of benzene rings is 1. The van der Waals surface area contributed by atoms with Crippen LogP contribution in [0.1, 0.15) is 30.1 Å². The van der Waals surface area contributed by atoms with E-state index in [0.29, 0.717) is 18.1 Å². The molecular weight excluding hydrogens is 282 g/mol. The molecule has 2 saturated heterocycles. The number of likely N-dealkylation sites (tertiary alicyclic amines) is 1. The van der Waals surface area contributed by atoms with Gasteiger partial charge in [0.15, 0.2) is 0 Å². The molecule has 4 heteroatoms. The number of hydrogen-bond acceptors (Lipinski definition) is 3. The quantitative estimate of drug-likeness (QED) is 0.806. The summed E-state index contributed by atoms with van der Waals surface area (Å²) >= 11 is 1.65. The highest BCUT2D eigenvalue weighted by atomic mass is 32.1. The molecule has 0 radical (unpaired) electrons. The maximum atomic E-state index is 12.8. The number of carbonyl (C=O) groups excluding carboxylic acids is 1. The van der Waals surface area contributed by atoms with Crippen molar-refractivity contribution < 1.29 is 9.53 Å². The fraction of sp³-hybridized carbons (Fsp3) is 0.471. The summed E-state index contributed by atoms with van der Waals surface area (Å²) in [5, 5.41) is 3.10. The first kappa shape index (κ1) is 13.3. The van der Waals surface area contributed by atoms with Crippen LogP contribution in [0.5, 0.6) is 0 Å². The fourth-order valence-electron chi connectivity index (χ4n) is 3.69. The van der Waals surface area contributed by atoms with E-state index >= 15 is 0 Å². The summed E-state index contributed by atoms with van der Waals surface area (Å²) in [6.07, 6.45) is 2.77. The Kier molecular flexibility index (Phi) is 3.23. The SMILES string of the molecule is C[C@@H]1C[C@@H]2CN(C(=O)c3csc4ccccc34)CC[C@H]2O1. The number of ether oxygens (including phenoxy) is 1. The van der Waals surface area contributed by atoms with Gasteiger partial charge >= 0.3 is 0 Å². The summed E-state index contributed by atoms with van der Waals surface area (Å²) in [4.78, 5) is 14.9. The summed E-state index contributed by atoms with van der Waals surface area (Å²) in [6.45, 7) is 3.80. The zero-order chi connectivity index (χ0) is 14.4. The Labute approximate surface area is 128 Å². The summed E-state index contributed by atoms with van der Waals surface area (Å²) in [5.74, 6) is 0.702. The van der Waals surface area contributed by atoms with Crippen LogP contribution in [0.2, 0.25) is 0 Å². The monoisotopic (exact) mass is 301 g/mol. The van der Waals surface area contributed by atoms with E-state index < -0.39 is 0 Å². The minimum Gasteiger partial charge on any atom is -0.375 e. The third-order valence-electron chi connectivity index (χ3n) is 4.70. The van der Waals surface area contributed by atoms with E-state index in [2.05, 4.69) is 13.0 Å². The molecule has 2 fully saturated rings. The van der Waals surface area contributed by atoms with Gasteiger partial charge in [-0.25, -0.2) is 0 Å². The normalized spacial score (nSPS) is 28.8. The number of thiophene rings is 1. The van der Waals surface area contributed by atoms with Crippen LogP contribution < -0.4 is 0 Å². The lowest BCUT2D eigenvalue weighted by atomic mass is 9.92. The molecule has 0 bridgehead atoms. The standard InChI is InChI=1S/C17H19NO2S/c1-11-8-12-9-18(7-6-15(12)20-11)17(19)14-10-21-16-5-3-2-4-13(14)16/h2-5,10-12,15H,6-9H2,1H3/t11-,12-,15-/m1/s1. The zero-order valence-electron chi connectivity index (χ0n) is 12.1. The van der Waals surface area contributed by atoms with Gasteiger partial charge in [0, 0.05) is 34.5 Å². The van der Waals surface area contributed by atoms with Crippen LogP contribution >= 0.6 is 11.3 Å². The highest BCUT2D eigenvalue weighted by Gasteiger charge is 2.38. The Balaban J connectivity index is 1.58. The first-order chi connectivity index (χ1) is 10.2. The second-order valence-electron chi connectivity index (χ2n) is 6.17. The van der Waals surface area contributed by atoms with Crippen LogP contribution in [0.25, 0.3) is 10.1 Å². The Bertz CT molecular complexity index is 680. The lowest BCUT2D eigenvalue weighted by Crippen LogP contribution is -2.44. The predicted octanol–water partition coefficient (Wildman–Crippen LogP) is 3.54. The molecule has 2 aromatic rings. The van der Waals surface area contributed by atoms with Crippen molar-refractivity contribution in [1.82, 2.24) is 4.90 Å². The van der Waals surface area contributed by atoms with Crippen molar-refractivity contribution in [2.45, 2.75) is 32.0 Å². The third kappa shape index (κ3) is 2.27. The smallest absolute Gasteiger partial charge is 0.255 e. The Morgan fingerprint density at radius 2 is 2.24 bits per heavy atom. The molecule has 1 aromatic heterocycles. The lowest BCUT2D eigenvalue weighted by molar-refractivity contribution is 0.00872. The Morgan fingerprint density at radius 3 is 3.14 bits per heavy atom. The van der Waals surface area contributed by atoms with Crippen molar-refractivity contribution >= 4 is 27.3 Å². The third-order valence-corrected chi connectivity index (χ3v) is 5.67. The molecule has 2 aliphatic rings. The van der Waals surface area contributed by atoms with E-state index in [9.17, 15) is 4.79 Å². The van der Waals surface area contributed by atoms with Gasteiger partial charge in [-0.05, 0) is 25.8 Å². The molecule has 1 amide bonds. The molecule has 3 atom stereocenters. The van der Waals surface area contributed by atoms with E-state index in [-0.39, 0.29) is 5.91 Å². The Hall–Kier alpha value is -1.39. The summed E-state index contributed by atoms with van der Waals surface area (Å²) in [5.41, 5.74) is 0.862. The molecule has 0 aliphatic carbocycles. The minimum absolute atomic E-state index is 0.186. The zero-order valence-corrected chi connectivity index (χ0v) is 12.9. The summed E-state index contributed by atoms with van der Waals surface area (Å²) in [6, 6.07) is 8.16. The second kappa shape index (κ2) is 5.11. The van der Waals surface area contributed by atoms with Crippen molar-refractivity contribution in [2.75, 3.05) is 13.1 Å². The molecule has 21 heavy (non-hydrogen) atoms. The van der Waals surface area contributed by atoms with Crippen LogP contribution in [0.3, 0.4) is 0 Å². The molecule has 110 valence electrons. The fourth-order valence-corrected chi connectivity index (χ4v) is 4.63. The van der Waals surface area contributed by atoms with Gasteiger partial charge in [0.2, 0.25) is 0 Å². The van der Waals surface area contributed by atoms with Crippen LogP contribution in [-0.2, 0) is 4.74 Å². The molecule has 4 rings (SSSR count). The van der Waals surface area contributed by atoms with Crippen LogP contribution in [-0.4, -0.2) is 36.1 Å². The van der Waals surface area contributed by atoms with Gasteiger partial charge in [0.1, 0.15) is 0 Å². The van der Waals surface area contributed by atoms with Crippen LogP contribution in [0, 0.1) is 5.92 Å². The highest BCUT2D eigenvalue weighted by molar-refractivity contribution is 7.17. The molecule has 0 spiro atoms. The number of carbonyl (C=O) groups is 1. The van der Waals surface area contributed by atoms with E-state index in [1.165, 1.54) is 4.70 Å². The number of hydrogen-bond donors (Lipinski definition) is 0. The number of fused-ring (bicyclic) bond motifs is 2. The van der Waals surface area contributed by atoms with E-state index in [4.69, 9.17) is 4.74 Å². The van der Waals surface area contributed by atoms with Crippen molar-refractivity contribution in [3.63, 3.8) is 0 Å². The molecule has 0 N–H and O–H groups in total. The van der Waals surface area contributed by atoms with Gasteiger partial charge in [0.25, 0.3) is 5.91 Å². The minimum atomic E-state index is 0.186. The first-order valence-corrected chi connectivity index (χ1v) is 8.51. The maximum absolute atomic E-state index is 12.8. The highest BCUT2D eigenvalue weighted by Crippen LogP contribution is 2.34. The molecule has 3 heterocycles. The lowest BCUT2D eigenvalue weighted by Gasteiger charge is -2.34. The number of piperidine rings is 1. The maximum Gasteiger partial charge on any atom is 0.255 e. The number of rotatable bonds is 1. The molecular formula is C17H19NO2S. The van der Waals surface area contributed by atoms with Crippen molar-refractivity contribution in [3.8, 4) is 0 Å².